The van der Waals surface area contributed by atoms with Gasteiger partial charge in [-0.2, -0.15) is 0 Å². The first-order valence-corrected chi connectivity index (χ1v) is 5.23. The van der Waals surface area contributed by atoms with Crippen LogP contribution in [0.2, 0.25) is 0 Å². The third kappa shape index (κ3) is 1.60. The van der Waals surface area contributed by atoms with Crippen LogP contribution in [-0.4, -0.2) is 31.0 Å². The van der Waals surface area contributed by atoms with Crippen LogP contribution >= 0.6 is 0 Å². The molecule has 6 heteroatoms. The van der Waals surface area contributed by atoms with Crippen molar-refractivity contribution in [2.45, 2.75) is 0 Å². The molecule has 0 saturated heterocycles. The zero-order valence-electron chi connectivity index (χ0n) is 9.16. The van der Waals surface area contributed by atoms with E-state index in [1.54, 1.807) is 18.2 Å². The summed E-state index contributed by atoms with van der Waals surface area (Å²) in [7, 11) is 0. The number of carboxylic acid groups (broad SMARTS) is 1. The number of aromatic amines is 1. The van der Waals surface area contributed by atoms with E-state index >= 15 is 0 Å². The van der Waals surface area contributed by atoms with Crippen LogP contribution in [-0.2, 0) is 0 Å². The van der Waals surface area contributed by atoms with Gasteiger partial charge in [0.15, 0.2) is 5.65 Å². The van der Waals surface area contributed by atoms with Crippen LogP contribution in [0.1, 0.15) is 10.4 Å². The first-order valence-electron chi connectivity index (χ1n) is 5.23. The summed E-state index contributed by atoms with van der Waals surface area (Å²) in [5, 5.41) is 8.98. The summed E-state index contributed by atoms with van der Waals surface area (Å²) >= 11 is 0. The molecule has 2 N–H and O–H groups in total. The molecule has 1 aromatic carbocycles. The lowest BCUT2D eigenvalue weighted by atomic mass is 10.1. The largest absolute Gasteiger partial charge is 0.478 e. The van der Waals surface area contributed by atoms with Gasteiger partial charge in [0, 0.05) is 5.56 Å². The number of aromatic nitrogens is 4. The minimum absolute atomic E-state index is 0.221. The van der Waals surface area contributed by atoms with Crippen molar-refractivity contribution in [1.29, 1.82) is 0 Å². The van der Waals surface area contributed by atoms with Gasteiger partial charge in [-0.15, -0.1) is 0 Å². The Morgan fingerprint density at radius 1 is 1.22 bits per heavy atom. The molecule has 0 fully saturated rings. The fraction of sp³-hybridized carbons (Fsp3) is 0. The number of hydrogen-bond acceptors (Lipinski definition) is 4. The van der Waals surface area contributed by atoms with Crippen molar-refractivity contribution < 1.29 is 9.90 Å². The number of nitrogens with one attached hydrogen (secondary N) is 1. The fourth-order valence-electron chi connectivity index (χ4n) is 1.78. The van der Waals surface area contributed by atoms with Gasteiger partial charge in [-0.05, 0) is 12.1 Å². The number of imidazole rings is 1. The van der Waals surface area contributed by atoms with E-state index in [1.807, 2.05) is 0 Å². The molecule has 0 amide bonds. The second-order valence-electron chi connectivity index (χ2n) is 3.71. The minimum atomic E-state index is -0.966. The number of hydrogen-bond donors (Lipinski definition) is 2. The van der Waals surface area contributed by atoms with Crippen LogP contribution < -0.4 is 0 Å². The fourth-order valence-corrected chi connectivity index (χ4v) is 1.78. The standard InChI is InChI=1S/C12H8N4O2/c17-12(18)8-3-1-2-7(4-8)9-10-11(15-5-13-9)16-6-14-10/h1-6H,(H,17,18)(H,13,14,15,16). The number of fused-ring (bicyclic) bond motifs is 1. The number of carbonyl (C=O) groups is 1. The predicted octanol–water partition coefficient (Wildman–Crippen LogP) is 1.72. The number of benzene rings is 1. The molecule has 0 atom stereocenters. The van der Waals surface area contributed by atoms with Gasteiger partial charge in [0.25, 0.3) is 0 Å². The average Bonchev–Trinajstić information content (AvgIpc) is 2.87. The topological polar surface area (TPSA) is 91.8 Å². The Kier molecular flexibility index (Phi) is 2.26. The molecule has 0 bridgehead atoms. The molecule has 3 rings (SSSR count). The molecule has 0 aliphatic rings. The second kappa shape index (κ2) is 3.92. The Balaban J connectivity index is 2.23. The second-order valence-corrected chi connectivity index (χ2v) is 3.71. The van der Waals surface area contributed by atoms with Crippen molar-refractivity contribution in [2.24, 2.45) is 0 Å². The van der Waals surface area contributed by atoms with E-state index in [2.05, 4.69) is 19.9 Å². The quantitative estimate of drug-likeness (QED) is 0.711. The molecule has 0 spiro atoms. The molecule has 0 unspecified atom stereocenters. The Morgan fingerprint density at radius 2 is 2.11 bits per heavy atom. The highest BCUT2D eigenvalue weighted by Crippen LogP contribution is 2.23. The molecule has 0 aliphatic heterocycles. The summed E-state index contributed by atoms with van der Waals surface area (Å²) in [6, 6.07) is 6.60. The minimum Gasteiger partial charge on any atom is -0.478 e. The number of aromatic carboxylic acids is 1. The summed E-state index contributed by atoms with van der Waals surface area (Å²) < 4.78 is 0. The molecular formula is C12H8N4O2. The molecule has 6 nitrogen and oxygen atoms in total. The molecule has 2 heterocycles. The molecule has 0 radical (unpaired) electrons. The smallest absolute Gasteiger partial charge is 0.335 e. The van der Waals surface area contributed by atoms with Gasteiger partial charge in [-0.1, -0.05) is 12.1 Å². The van der Waals surface area contributed by atoms with Gasteiger partial charge in [-0.25, -0.2) is 19.7 Å². The first-order chi connectivity index (χ1) is 8.75. The highest BCUT2D eigenvalue weighted by atomic mass is 16.4. The van der Waals surface area contributed by atoms with E-state index in [1.165, 1.54) is 18.7 Å². The highest BCUT2D eigenvalue weighted by molar-refractivity contribution is 5.92. The van der Waals surface area contributed by atoms with E-state index in [4.69, 9.17) is 5.11 Å². The summed E-state index contributed by atoms with van der Waals surface area (Å²) in [6.07, 6.45) is 2.94. The third-order valence-electron chi connectivity index (χ3n) is 2.61. The molecular weight excluding hydrogens is 232 g/mol. The SMILES string of the molecule is O=C(O)c1cccc(-c2ncnc3nc[nH]c23)c1. The van der Waals surface area contributed by atoms with Gasteiger partial charge < -0.3 is 10.1 Å². The lowest BCUT2D eigenvalue weighted by Crippen LogP contribution is -1.96. The maximum atomic E-state index is 10.9. The Hall–Kier alpha value is -2.76. The summed E-state index contributed by atoms with van der Waals surface area (Å²) in [6.45, 7) is 0. The lowest BCUT2D eigenvalue weighted by molar-refractivity contribution is 0.0697. The van der Waals surface area contributed by atoms with Crippen molar-refractivity contribution in [3.8, 4) is 11.3 Å². The van der Waals surface area contributed by atoms with Gasteiger partial charge in [-0.3, -0.25) is 0 Å². The summed E-state index contributed by atoms with van der Waals surface area (Å²) in [4.78, 5) is 26.1. The first kappa shape index (κ1) is 10.4. The zero-order valence-corrected chi connectivity index (χ0v) is 9.16. The van der Waals surface area contributed by atoms with E-state index in [0.717, 1.165) is 0 Å². The number of carboxylic acids is 1. The van der Waals surface area contributed by atoms with Crippen molar-refractivity contribution in [3.05, 3.63) is 42.5 Å². The van der Waals surface area contributed by atoms with Gasteiger partial charge >= 0.3 is 5.97 Å². The molecule has 18 heavy (non-hydrogen) atoms. The maximum absolute atomic E-state index is 10.9. The monoisotopic (exact) mass is 240 g/mol. The van der Waals surface area contributed by atoms with Crippen molar-refractivity contribution in [3.63, 3.8) is 0 Å². The van der Waals surface area contributed by atoms with Crippen molar-refractivity contribution >= 4 is 17.1 Å². The van der Waals surface area contributed by atoms with Crippen LogP contribution in [0.5, 0.6) is 0 Å². The summed E-state index contributed by atoms with van der Waals surface area (Å²) in [5.41, 5.74) is 2.83. The highest BCUT2D eigenvalue weighted by Gasteiger charge is 2.10. The van der Waals surface area contributed by atoms with Crippen LogP contribution in [0.4, 0.5) is 0 Å². The van der Waals surface area contributed by atoms with E-state index in [9.17, 15) is 4.79 Å². The van der Waals surface area contributed by atoms with Crippen molar-refractivity contribution in [2.75, 3.05) is 0 Å². The number of nitrogens with zero attached hydrogens (tertiary/aromatic N) is 3. The van der Waals surface area contributed by atoms with Crippen molar-refractivity contribution in [1.82, 2.24) is 19.9 Å². The normalized spacial score (nSPS) is 10.7. The van der Waals surface area contributed by atoms with E-state index < -0.39 is 5.97 Å². The van der Waals surface area contributed by atoms with E-state index in [-0.39, 0.29) is 5.56 Å². The summed E-state index contributed by atoms with van der Waals surface area (Å²) in [5.74, 6) is -0.966. The Morgan fingerprint density at radius 3 is 2.94 bits per heavy atom. The van der Waals surface area contributed by atoms with Crippen LogP contribution in [0.15, 0.2) is 36.9 Å². The van der Waals surface area contributed by atoms with Crippen LogP contribution in [0, 0.1) is 0 Å². The molecule has 88 valence electrons. The average molecular weight is 240 g/mol. The number of rotatable bonds is 2. The zero-order chi connectivity index (χ0) is 12.5. The lowest BCUT2D eigenvalue weighted by Gasteiger charge is -2.02. The molecule has 3 aromatic rings. The van der Waals surface area contributed by atoms with Crippen LogP contribution in [0.3, 0.4) is 0 Å². The Bertz CT molecular complexity index is 736. The molecule has 0 aliphatic carbocycles. The molecule has 0 saturated carbocycles. The van der Waals surface area contributed by atoms with Gasteiger partial charge in [0.2, 0.25) is 0 Å². The third-order valence-corrected chi connectivity index (χ3v) is 2.61. The number of H-pyrrole nitrogens is 1. The van der Waals surface area contributed by atoms with Gasteiger partial charge in [0.1, 0.15) is 11.8 Å². The van der Waals surface area contributed by atoms with Crippen LogP contribution in [0.25, 0.3) is 22.4 Å². The Labute approximate surface area is 101 Å². The predicted molar refractivity (Wildman–Crippen MR) is 64.1 cm³/mol. The van der Waals surface area contributed by atoms with Gasteiger partial charge in [0.05, 0.1) is 17.6 Å². The molecule has 2 aromatic heterocycles. The maximum Gasteiger partial charge on any atom is 0.335 e. The van der Waals surface area contributed by atoms with E-state index in [0.29, 0.717) is 22.4 Å².